The minimum absolute atomic E-state index is 0.997. The molecule has 2 N–H and O–H groups in total. The maximum Gasteiger partial charge on any atom is 0.432 e. The second kappa shape index (κ2) is 3.26. The molecule has 6 nitrogen and oxygen atoms in total. The number of carbonyl (C=O) groups is 2. The van der Waals surface area contributed by atoms with E-state index in [2.05, 4.69) is 4.74 Å². The highest BCUT2D eigenvalue weighted by molar-refractivity contribution is 5.86. The van der Waals surface area contributed by atoms with Gasteiger partial charge in [-0.1, -0.05) is 0 Å². The number of amides is 2. The van der Waals surface area contributed by atoms with Crippen LogP contribution in [0.2, 0.25) is 0 Å². The van der Waals surface area contributed by atoms with E-state index >= 15 is 0 Å². The Hall–Kier alpha value is -1.77. The van der Waals surface area contributed by atoms with Crippen LogP contribution in [-0.2, 0) is 4.74 Å². The Labute approximate surface area is 49.6 Å². The highest BCUT2D eigenvalue weighted by atomic mass is 16.5. The lowest BCUT2D eigenvalue weighted by Gasteiger charge is -1.90. The number of rotatable bonds is 0. The van der Waals surface area contributed by atoms with Crippen molar-refractivity contribution in [3.8, 4) is 6.26 Å². The largest absolute Gasteiger partial charge is 0.465 e. The lowest BCUT2D eigenvalue weighted by molar-refractivity contribution is 0.172. The highest BCUT2D eigenvalue weighted by Crippen LogP contribution is 1.71. The normalized spacial score (nSPS) is 7.00. The second-order valence-electron chi connectivity index (χ2n) is 0.911. The van der Waals surface area contributed by atoms with Crippen LogP contribution >= 0.6 is 0 Å². The molecule has 0 aliphatic carbocycles. The molecule has 0 aromatic heterocycles. The molecule has 0 bridgehead atoms. The van der Waals surface area contributed by atoms with E-state index in [4.69, 9.17) is 10.4 Å². The van der Waals surface area contributed by atoms with Gasteiger partial charge in [0.05, 0.1) is 0 Å². The van der Waals surface area contributed by atoms with Crippen molar-refractivity contribution in [2.75, 3.05) is 0 Å². The van der Waals surface area contributed by atoms with Crippen molar-refractivity contribution in [2.45, 2.75) is 0 Å². The first-order chi connectivity index (χ1) is 4.16. The Morgan fingerprint density at radius 3 is 2.56 bits per heavy atom. The smallest absolute Gasteiger partial charge is 0.432 e. The fourth-order valence-electron chi connectivity index (χ4n) is 0.154. The number of carboxylic acid groups (broad SMARTS) is 1. The van der Waals surface area contributed by atoms with Gasteiger partial charge in [0.2, 0.25) is 0 Å². The molecule has 0 atom stereocenters. The zero-order valence-corrected chi connectivity index (χ0v) is 4.12. The maximum atomic E-state index is 9.92. The summed E-state index contributed by atoms with van der Waals surface area (Å²) in [4.78, 5) is 19.5. The third-order valence-corrected chi connectivity index (χ3v) is 0.347. The van der Waals surface area contributed by atoms with Crippen molar-refractivity contribution in [1.82, 2.24) is 5.32 Å². The number of ether oxygens (including phenoxy) is 1. The molecule has 0 aliphatic rings. The maximum absolute atomic E-state index is 9.92. The van der Waals surface area contributed by atoms with Gasteiger partial charge in [0, 0.05) is 0 Å². The summed E-state index contributed by atoms with van der Waals surface area (Å²) in [6.45, 7) is 0. The van der Waals surface area contributed by atoms with Gasteiger partial charge < -0.3 is 9.84 Å². The number of nitriles is 1. The van der Waals surface area contributed by atoms with Crippen LogP contribution in [0.4, 0.5) is 9.59 Å². The van der Waals surface area contributed by atoms with Gasteiger partial charge in [-0.15, -0.1) is 5.26 Å². The van der Waals surface area contributed by atoms with Gasteiger partial charge in [0.25, 0.3) is 6.26 Å². The van der Waals surface area contributed by atoms with E-state index in [-0.39, 0.29) is 0 Å². The van der Waals surface area contributed by atoms with Crippen molar-refractivity contribution in [3.05, 3.63) is 0 Å². The number of nitrogens with zero attached hydrogens (tertiary/aromatic N) is 1. The molecule has 0 aromatic carbocycles. The third-order valence-electron chi connectivity index (χ3n) is 0.347. The zero-order valence-electron chi connectivity index (χ0n) is 4.12. The van der Waals surface area contributed by atoms with Gasteiger partial charge in [-0.25, -0.2) is 14.9 Å². The molecule has 0 saturated carbocycles. The van der Waals surface area contributed by atoms with Gasteiger partial charge in [0.15, 0.2) is 0 Å². The molecular formula is C3H2N2O4. The van der Waals surface area contributed by atoms with E-state index in [1.54, 1.807) is 0 Å². The lowest BCUT2D eigenvalue weighted by Crippen LogP contribution is -2.28. The first kappa shape index (κ1) is 7.23. The molecule has 0 heterocycles. The summed E-state index contributed by atoms with van der Waals surface area (Å²) in [5.41, 5.74) is 0. The molecule has 6 heteroatoms. The molecule has 0 saturated heterocycles. The fourth-order valence-corrected chi connectivity index (χ4v) is 0.154. The first-order valence-corrected chi connectivity index (χ1v) is 1.76. The van der Waals surface area contributed by atoms with Crippen molar-refractivity contribution < 1.29 is 19.4 Å². The predicted octanol–water partition coefficient (Wildman–Crippen LogP) is -0.128. The number of carbonyl (C=O) groups excluding carboxylic acids is 1. The number of imide groups is 1. The number of nitrogens with one attached hydrogen (secondary N) is 1. The van der Waals surface area contributed by atoms with E-state index in [1.165, 1.54) is 5.32 Å². The number of alkyl carbamates (subject to hydrolysis) is 1. The summed E-state index contributed by atoms with van der Waals surface area (Å²) < 4.78 is 3.53. The summed E-state index contributed by atoms with van der Waals surface area (Å²) in [5.74, 6) is 0. The van der Waals surface area contributed by atoms with E-state index in [9.17, 15) is 9.59 Å². The second-order valence-corrected chi connectivity index (χ2v) is 0.911. The molecule has 0 spiro atoms. The van der Waals surface area contributed by atoms with Gasteiger partial charge in [0.1, 0.15) is 0 Å². The molecule has 0 fully saturated rings. The average Bonchev–Trinajstić information content (AvgIpc) is 1.63. The Balaban J connectivity index is 3.54. The van der Waals surface area contributed by atoms with E-state index < -0.39 is 12.2 Å². The highest BCUT2D eigenvalue weighted by Gasteiger charge is 2.03. The van der Waals surface area contributed by atoms with Crippen LogP contribution in [0.25, 0.3) is 0 Å². The minimum atomic E-state index is -1.56. The molecule has 9 heavy (non-hydrogen) atoms. The Bertz CT molecular complexity index is 169. The summed E-state index contributed by atoms with van der Waals surface area (Å²) in [6, 6.07) is 0. The Morgan fingerprint density at radius 2 is 2.22 bits per heavy atom. The molecule has 2 amide bonds. The van der Waals surface area contributed by atoms with Crippen LogP contribution in [-0.4, -0.2) is 17.3 Å². The summed E-state index contributed by atoms with van der Waals surface area (Å²) in [6.07, 6.45) is -1.86. The lowest BCUT2D eigenvalue weighted by atomic mass is 11.0. The topological polar surface area (TPSA) is 99.4 Å². The van der Waals surface area contributed by atoms with Crippen molar-refractivity contribution in [3.63, 3.8) is 0 Å². The van der Waals surface area contributed by atoms with Crippen LogP contribution < -0.4 is 5.32 Å². The van der Waals surface area contributed by atoms with Crippen LogP contribution in [0, 0.1) is 11.5 Å². The number of hydrogen-bond acceptors (Lipinski definition) is 4. The van der Waals surface area contributed by atoms with Gasteiger partial charge in [-0.05, 0) is 0 Å². The van der Waals surface area contributed by atoms with Crippen LogP contribution in [0.3, 0.4) is 0 Å². The molecule has 0 rings (SSSR count). The predicted molar refractivity (Wildman–Crippen MR) is 23.3 cm³/mol. The van der Waals surface area contributed by atoms with Crippen LogP contribution in [0.5, 0.6) is 0 Å². The van der Waals surface area contributed by atoms with Crippen LogP contribution in [0.1, 0.15) is 0 Å². The Kier molecular flexibility index (Phi) is 2.62. The van der Waals surface area contributed by atoms with Crippen LogP contribution in [0.15, 0.2) is 0 Å². The molecule has 0 aliphatic heterocycles. The van der Waals surface area contributed by atoms with E-state index in [0.29, 0.717) is 0 Å². The first-order valence-electron chi connectivity index (χ1n) is 1.76. The average molecular weight is 130 g/mol. The third kappa shape index (κ3) is 4.08. The standard InChI is InChI=1S/C3H2N2O4/c4-1-9-3(8)5-2(6)7/h(H,5,8)(H,6,7). The van der Waals surface area contributed by atoms with Gasteiger partial charge in [-0.3, -0.25) is 0 Å². The summed E-state index contributed by atoms with van der Waals surface area (Å²) in [7, 11) is 0. The minimum Gasteiger partial charge on any atom is -0.465 e. The molecule has 48 valence electrons. The van der Waals surface area contributed by atoms with Gasteiger partial charge >= 0.3 is 12.2 Å². The fraction of sp³-hybridized carbons (Fsp3) is 0. The molecule has 0 unspecified atom stereocenters. The Morgan fingerprint density at radius 1 is 1.67 bits per heavy atom. The van der Waals surface area contributed by atoms with Gasteiger partial charge in [-0.2, -0.15) is 0 Å². The quantitative estimate of drug-likeness (QED) is 0.445. The molecule has 0 aromatic rings. The molecular weight excluding hydrogens is 128 g/mol. The SMILES string of the molecule is N#COC(=O)NC(=O)O. The van der Waals surface area contributed by atoms with Crippen molar-refractivity contribution in [1.29, 1.82) is 5.26 Å². The van der Waals surface area contributed by atoms with E-state index in [1.807, 2.05) is 0 Å². The zero-order chi connectivity index (χ0) is 7.28. The monoisotopic (exact) mass is 130 g/mol. The summed E-state index contributed by atoms with van der Waals surface area (Å²) in [5, 5.41) is 16.7. The number of hydrogen-bond donors (Lipinski definition) is 2. The molecule has 0 radical (unpaired) electrons. The van der Waals surface area contributed by atoms with E-state index in [0.717, 1.165) is 6.26 Å². The van der Waals surface area contributed by atoms with Crippen molar-refractivity contribution >= 4 is 12.2 Å². The summed E-state index contributed by atoms with van der Waals surface area (Å²) >= 11 is 0. The van der Waals surface area contributed by atoms with Crippen molar-refractivity contribution in [2.24, 2.45) is 0 Å².